The second-order valence-electron chi connectivity index (χ2n) is 6.88. The summed E-state index contributed by atoms with van der Waals surface area (Å²) in [5, 5.41) is 14.4. The third kappa shape index (κ3) is 3.04. The fraction of sp³-hybridized carbons (Fsp3) is 0.647. The number of nitro groups is 1. The Bertz CT molecular complexity index is 526. The molecule has 0 aliphatic heterocycles. The molecule has 2 aliphatic carbocycles. The molecule has 114 valence electrons. The molecule has 4 heteroatoms. The number of anilines is 1. The van der Waals surface area contributed by atoms with Gasteiger partial charge in [0.1, 0.15) is 0 Å². The molecule has 0 heterocycles. The van der Waals surface area contributed by atoms with Gasteiger partial charge in [-0.05, 0) is 62.5 Å². The Morgan fingerprint density at radius 2 is 1.86 bits per heavy atom. The van der Waals surface area contributed by atoms with Gasteiger partial charge in [-0.3, -0.25) is 10.1 Å². The maximum Gasteiger partial charge on any atom is 0.269 e. The monoisotopic (exact) mass is 288 g/mol. The highest BCUT2D eigenvalue weighted by atomic mass is 16.6. The maximum atomic E-state index is 10.8. The average molecular weight is 288 g/mol. The van der Waals surface area contributed by atoms with Crippen LogP contribution in [0.25, 0.3) is 0 Å². The predicted molar refractivity (Wildman–Crippen MR) is 84.6 cm³/mol. The molecule has 21 heavy (non-hydrogen) atoms. The van der Waals surface area contributed by atoms with Gasteiger partial charge in [0, 0.05) is 23.9 Å². The van der Waals surface area contributed by atoms with Gasteiger partial charge in [-0.1, -0.05) is 12.8 Å². The Hall–Kier alpha value is -1.58. The van der Waals surface area contributed by atoms with Crippen molar-refractivity contribution in [2.45, 2.75) is 64.3 Å². The Morgan fingerprint density at radius 1 is 1.19 bits per heavy atom. The first-order valence-corrected chi connectivity index (χ1v) is 8.10. The Labute approximate surface area is 126 Å². The second kappa shape index (κ2) is 5.66. The smallest absolute Gasteiger partial charge is 0.269 e. The number of aryl methyl sites for hydroxylation is 1. The SMILES string of the molecule is Cc1cc([N+](=O)[O-])ccc1NC1CCC2(CCCC2)CC1. The second-order valence-corrected chi connectivity index (χ2v) is 6.88. The minimum absolute atomic E-state index is 0.173. The number of benzene rings is 1. The van der Waals surface area contributed by atoms with E-state index in [4.69, 9.17) is 0 Å². The van der Waals surface area contributed by atoms with E-state index in [1.54, 1.807) is 12.1 Å². The van der Waals surface area contributed by atoms with E-state index >= 15 is 0 Å². The van der Waals surface area contributed by atoms with Crippen molar-refractivity contribution in [3.05, 3.63) is 33.9 Å². The van der Waals surface area contributed by atoms with Crippen LogP contribution in [0.4, 0.5) is 11.4 Å². The molecule has 0 unspecified atom stereocenters. The molecule has 2 saturated carbocycles. The van der Waals surface area contributed by atoms with Gasteiger partial charge in [-0.15, -0.1) is 0 Å². The fourth-order valence-corrected chi connectivity index (χ4v) is 4.14. The molecule has 3 rings (SSSR count). The summed E-state index contributed by atoms with van der Waals surface area (Å²) in [7, 11) is 0. The van der Waals surface area contributed by atoms with Crippen molar-refractivity contribution >= 4 is 11.4 Å². The largest absolute Gasteiger partial charge is 0.382 e. The molecule has 0 amide bonds. The molecular weight excluding hydrogens is 264 g/mol. The van der Waals surface area contributed by atoms with Crippen LogP contribution in [0.1, 0.15) is 56.9 Å². The van der Waals surface area contributed by atoms with Crippen molar-refractivity contribution in [2.24, 2.45) is 5.41 Å². The first-order valence-electron chi connectivity index (χ1n) is 8.10. The Morgan fingerprint density at radius 3 is 2.43 bits per heavy atom. The lowest BCUT2D eigenvalue weighted by Crippen LogP contribution is -2.31. The zero-order valence-electron chi connectivity index (χ0n) is 12.7. The van der Waals surface area contributed by atoms with E-state index < -0.39 is 0 Å². The van der Waals surface area contributed by atoms with Crippen LogP contribution >= 0.6 is 0 Å². The van der Waals surface area contributed by atoms with E-state index in [1.165, 1.54) is 51.4 Å². The summed E-state index contributed by atoms with van der Waals surface area (Å²) in [6.45, 7) is 1.94. The van der Waals surface area contributed by atoms with Crippen molar-refractivity contribution in [3.63, 3.8) is 0 Å². The molecule has 0 aromatic heterocycles. The van der Waals surface area contributed by atoms with Crippen LogP contribution < -0.4 is 5.32 Å². The number of non-ortho nitro benzene ring substituents is 1. The van der Waals surface area contributed by atoms with Crippen LogP contribution in [-0.4, -0.2) is 11.0 Å². The highest BCUT2D eigenvalue weighted by Gasteiger charge is 2.37. The summed E-state index contributed by atoms with van der Waals surface area (Å²) >= 11 is 0. The van der Waals surface area contributed by atoms with Gasteiger partial charge < -0.3 is 5.32 Å². The minimum Gasteiger partial charge on any atom is -0.382 e. The van der Waals surface area contributed by atoms with Crippen molar-refractivity contribution in [1.82, 2.24) is 0 Å². The molecule has 1 spiro atoms. The number of rotatable bonds is 3. The van der Waals surface area contributed by atoms with E-state index in [2.05, 4.69) is 5.32 Å². The molecule has 0 atom stereocenters. The van der Waals surface area contributed by atoms with Gasteiger partial charge in [0.05, 0.1) is 4.92 Å². The molecule has 1 aromatic carbocycles. The Balaban J connectivity index is 1.61. The van der Waals surface area contributed by atoms with E-state index in [9.17, 15) is 10.1 Å². The quantitative estimate of drug-likeness (QED) is 0.641. The van der Waals surface area contributed by atoms with Gasteiger partial charge in [0.15, 0.2) is 0 Å². The zero-order chi connectivity index (χ0) is 14.9. The average Bonchev–Trinajstić information content (AvgIpc) is 2.92. The topological polar surface area (TPSA) is 55.2 Å². The highest BCUT2D eigenvalue weighted by molar-refractivity contribution is 5.55. The number of hydrogen-bond acceptors (Lipinski definition) is 3. The molecule has 1 aromatic rings. The van der Waals surface area contributed by atoms with Gasteiger partial charge in [-0.2, -0.15) is 0 Å². The molecule has 0 radical (unpaired) electrons. The van der Waals surface area contributed by atoms with E-state index in [-0.39, 0.29) is 10.6 Å². The normalized spacial score (nSPS) is 21.6. The van der Waals surface area contributed by atoms with E-state index in [0.717, 1.165) is 11.3 Å². The van der Waals surface area contributed by atoms with Crippen LogP contribution in [0.15, 0.2) is 18.2 Å². The molecule has 4 nitrogen and oxygen atoms in total. The molecular formula is C17H24N2O2. The number of nitrogens with zero attached hydrogens (tertiary/aromatic N) is 1. The van der Waals surface area contributed by atoms with Gasteiger partial charge >= 0.3 is 0 Å². The molecule has 1 N–H and O–H groups in total. The van der Waals surface area contributed by atoms with Crippen LogP contribution in [0.5, 0.6) is 0 Å². The van der Waals surface area contributed by atoms with E-state index in [0.29, 0.717) is 11.5 Å². The number of nitrogens with one attached hydrogen (secondary N) is 1. The lowest BCUT2D eigenvalue weighted by atomic mass is 9.71. The maximum absolute atomic E-state index is 10.8. The lowest BCUT2D eigenvalue weighted by molar-refractivity contribution is -0.384. The molecule has 0 bridgehead atoms. The first-order chi connectivity index (χ1) is 10.1. The minimum atomic E-state index is -0.332. The summed E-state index contributed by atoms with van der Waals surface area (Å²) in [5.41, 5.74) is 2.84. The molecule has 2 aliphatic rings. The summed E-state index contributed by atoms with van der Waals surface area (Å²) < 4.78 is 0. The van der Waals surface area contributed by atoms with Crippen molar-refractivity contribution < 1.29 is 4.92 Å². The van der Waals surface area contributed by atoms with Crippen molar-refractivity contribution in [3.8, 4) is 0 Å². The summed E-state index contributed by atoms with van der Waals surface area (Å²) in [6.07, 6.45) is 10.8. The van der Waals surface area contributed by atoms with Gasteiger partial charge in [0.2, 0.25) is 0 Å². The number of hydrogen-bond donors (Lipinski definition) is 1. The standard InChI is InChI=1S/C17H24N2O2/c1-13-12-15(19(20)21)4-5-16(13)18-14-6-10-17(11-7-14)8-2-3-9-17/h4-5,12,14,18H,2-3,6-11H2,1H3. The summed E-state index contributed by atoms with van der Waals surface area (Å²) in [4.78, 5) is 10.5. The van der Waals surface area contributed by atoms with Crippen molar-refractivity contribution in [2.75, 3.05) is 5.32 Å². The zero-order valence-corrected chi connectivity index (χ0v) is 12.7. The van der Waals surface area contributed by atoms with Gasteiger partial charge in [0.25, 0.3) is 5.69 Å². The van der Waals surface area contributed by atoms with Crippen molar-refractivity contribution in [1.29, 1.82) is 0 Å². The summed E-state index contributed by atoms with van der Waals surface area (Å²) in [5.74, 6) is 0. The predicted octanol–water partition coefficient (Wildman–Crippen LogP) is 4.82. The van der Waals surface area contributed by atoms with E-state index in [1.807, 2.05) is 13.0 Å². The van der Waals surface area contributed by atoms with Crippen LogP contribution in [-0.2, 0) is 0 Å². The lowest BCUT2D eigenvalue weighted by Gasteiger charge is -2.38. The fourth-order valence-electron chi connectivity index (χ4n) is 4.14. The van der Waals surface area contributed by atoms with Gasteiger partial charge in [-0.25, -0.2) is 0 Å². The molecule has 0 saturated heterocycles. The van der Waals surface area contributed by atoms with Crippen LogP contribution in [0.3, 0.4) is 0 Å². The summed E-state index contributed by atoms with van der Waals surface area (Å²) in [6, 6.07) is 5.63. The molecule has 2 fully saturated rings. The third-order valence-electron chi connectivity index (χ3n) is 5.49. The van der Waals surface area contributed by atoms with Crippen LogP contribution in [0, 0.1) is 22.5 Å². The number of nitro benzene ring substituents is 1. The third-order valence-corrected chi connectivity index (χ3v) is 5.49. The van der Waals surface area contributed by atoms with Crippen LogP contribution in [0.2, 0.25) is 0 Å². The highest BCUT2D eigenvalue weighted by Crippen LogP contribution is 2.49. The Kier molecular flexibility index (Phi) is 3.87. The first kappa shape index (κ1) is 14.4.